The number of ether oxygens (including phenoxy) is 1. The molecular weight excluding hydrogens is 504 g/mol. The van der Waals surface area contributed by atoms with Crippen LogP contribution in [0.2, 0.25) is 0 Å². The molecule has 0 radical (unpaired) electrons. The van der Waals surface area contributed by atoms with Gasteiger partial charge in [0, 0.05) is 28.7 Å². The van der Waals surface area contributed by atoms with E-state index in [9.17, 15) is 4.79 Å². The summed E-state index contributed by atoms with van der Waals surface area (Å²) in [5, 5.41) is 14.1. The number of thiazole rings is 1. The van der Waals surface area contributed by atoms with E-state index in [4.69, 9.17) is 4.74 Å². The van der Waals surface area contributed by atoms with Crippen molar-refractivity contribution in [3.05, 3.63) is 78.5 Å². The number of aromatic nitrogens is 5. The number of anilines is 1. The van der Waals surface area contributed by atoms with Crippen molar-refractivity contribution >= 4 is 55.3 Å². The van der Waals surface area contributed by atoms with Crippen LogP contribution < -0.4 is 10.1 Å². The minimum absolute atomic E-state index is 0.158. The lowest BCUT2D eigenvalue weighted by Gasteiger charge is -2.11. The Morgan fingerprint density at radius 3 is 2.89 bits per heavy atom. The number of para-hydroxylation sites is 1. The molecule has 3 heterocycles. The third-order valence-corrected chi connectivity index (χ3v) is 7.76. The van der Waals surface area contributed by atoms with Gasteiger partial charge in [0.05, 0.1) is 28.8 Å². The van der Waals surface area contributed by atoms with Crippen LogP contribution in [-0.4, -0.2) is 43.5 Å². The summed E-state index contributed by atoms with van der Waals surface area (Å²) in [4.78, 5) is 20.7. The molecule has 8 nitrogen and oxygen atoms in total. The first kappa shape index (κ1) is 23.3. The highest BCUT2D eigenvalue weighted by Gasteiger charge is 2.20. The molecule has 0 aliphatic heterocycles. The first-order chi connectivity index (χ1) is 18.1. The maximum Gasteiger partial charge on any atom is 0.236 e. The van der Waals surface area contributed by atoms with Gasteiger partial charge in [0.25, 0.3) is 0 Å². The van der Waals surface area contributed by atoms with Crippen LogP contribution in [0.25, 0.3) is 38.2 Å². The van der Waals surface area contributed by atoms with Crippen LogP contribution in [0, 0.1) is 6.92 Å². The average molecular weight is 527 g/mol. The maximum absolute atomic E-state index is 12.8. The molecule has 0 unspecified atom stereocenters. The molecule has 0 fully saturated rings. The maximum atomic E-state index is 12.8. The second-order valence-corrected chi connectivity index (χ2v) is 10.4. The van der Waals surface area contributed by atoms with Crippen LogP contribution >= 0.6 is 23.1 Å². The van der Waals surface area contributed by atoms with E-state index in [0.717, 1.165) is 43.7 Å². The number of aromatic amines is 1. The minimum atomic E-state index is -0.158. The number of hydrogen-bond acceptors (Lipinski definition) is 7. The Morgan fingerprint density at radius 1 is 1.11 bits per heavy atom. The normalized spacial score (nSPS) is 11.3. The first-order valence-electron chi connectivity index (χ1n) is 11.6. The topological polar surface area (TPSA) is 97.7 Å². The largest absolute Gasteiger partial charge is 0.497 e. The van der Waals surface area contributed by atoms with Crippen molar-refractivity contribution in [2.75, 3.05) is 18.2 Å². The summed E-state index contributed by atoms with van der Waals surface area (Å²) in [5.74, 6) is 1.39. The first-order valence-corrected chi connectivity index (χ1v) is 13.4. The van der Waals surface area contributed by atoms with Gasteiger partial charge in [-0.15, -0.1) is 10.2 Å². The lowest BCUT2D eigenvalue weighted by atomic mass is 10.1. The predicted molar refractivity (Wildman–Crippen MR) is 149 cm³/mol. The fourth-order valence-electron chi connectivity index (χ4n) is 4.15. The Labute approximate surface area is 220 Å². The average Bonchev–Trinajstić information content (AvgIpc) is 3.63. The molecular formula is C27H22N6O2S2. The third-order valence-electron chi connectivity index (χ3n) is 5.90. The van der Waals surface area contributed by atoms with Gasteiger partial charge in [0.1, 0.15) is 5.75 Å². The number of hydrogen-bond donors (Lipinski definition) is 2. The van der Waals surface area contributed by atoms with E-state index in [1.54, 1.807) is 7.11 Å². The molecule has 0 saturated heterocycles. The molecule has 2 N–H and O–H groups in total. The van der Waals surface area contributed by atoms with Crippen LogP contribution in [-0.2, 0) is 4.79 Å². The van der Waals surface area contributed by atoms with E-state index in [1.807, 2.05) is 78.4 Å². The standard InChI is InChI=1S/C27H22N6O2S2/c1-16-10-11-22-23(12-16)37-26(29-22)30-24(34)15-36-27-32-31-25(20-14-28-21-9-4-3-8-19(20)21)33(27)17-6-5-7-18(13-17)35-2/h3-14,28H,15H2,1-2H3,(H,29,30,34). The number of aryl methyl sites for hydroxylation is 1. The molecule has 3 aromatic carbocycles. The number of H-pyrrole nitrogens is 1. The van der Waals surface area contributed by atoms with Crippen molar-refractivity contribution in [2.24, 2.45) is 0 Å². The van der Waals surface area contributed by atoms with Gasteiger partial charge in [-0.1, -0.05) is 53.4 Å². The zero-order chi connectivity index (χ0) is 25.4. The van der Waals surface area contributed by atoms with Crippen LogP contribution in [0.1, 0.15) is 5.56 Å². The van der Waals surface area contributed by atoms with Gasteiger partial charge in [-0.25, -0.2) is 4.98 Å². The number of benzene rings is 3. The van der Waals surface area contributed by atoms with Gasteiger partial charge in [0.15, 0.2) is 16.1 Å². The highest BCUT2D eigenvalue weighted by molar-refractivity contribution is 7.99. The molecule has 0 saturated carbocycles. The summed E-state index contributed by atoms with van der Waals surface area (Å²) in [6.07, 6.45) is 1.93. The smallest absolute Gasteiger partial charge is 0.236 e. The van der Waals surface area contributed by atoms with Crippen molar-refractivity contribution in [3.63, 3.8) is 0 Å². The molecule has 0 spiro atoms. The quantitative estimate of drug-likeness (QED) is 0.245. The molecule has 6 rings (SSSR count). The Hall–Kier alpha value is -4.15. The number of rotatable bonds is 7. The summed E-state index contributed by atoms with van der Waals surface area (Å²) >= 11 is 2.78. The second kappa shape index (κ2) is 9.72. The van der Waals surface area contributed by atoms with E-state index in [0.29, 0.717) is 16.1 Å². The van der Waals surface area contributed by atoms with E-state index >= 15 is 0 Å². The van der Waals surface area contributed by atoms with Crippen LogP contribution in [0.15, 0.2) is 78.1 Å². The number of thioether (sulfide) groups is 1. The molecule has 6 aromatic rings. The number of nitrogens with zero attached hydrogens (tertiary/aromatic N) is 4. The van der Waals surface area contributed by atoms with Crippen molar-refractivity contribution in [1.29, 1.82) is 0 Å². The van der Waals surface area contributed by atoms with E-state index in [1.165, 1.54) is 23.1 Å². The lowest BCUT2D eigenvalue weighted by molar-refractivity contribution is -0.113. The van der Waals surface area contributed by atoms with Crippen molar-refractivity contribution in [2.45, 2.75) is 12.1 Å². The molecule has 184 valence electrons. The van der Waals surface area contributed by atoms with Crippen LogP contribution in [0.5, 0.6) is 5.75 Å². The van der Waals surface area contributed by atoms with Gasteiger partial charge in [-0.3, -0.25) is 9.36 Å². The summed E-state index contributed by atoms with van der Waals surface area (Å²) in [6, 6.07) is 21.8. The van der Waals surface area contributed by atoms with Crippen molar-refractivity contribution in [3.8, 4) is 22.8 Å². The highest BCUT2D eigenvalue weighted by atomic mass is 32.2. The lowest BCUT2D eigenvalue weighted by Crippen LogP contribution is -2.14. The van der Waals surface area contributed by atoms with Crippen molar-refractivity contribution in [1.82, 2.24) is 24.7 Å². The van der Waals surface area contributed by atoms with Crippen LogP contribution in [0.3, 0.4) is 0 Å². The van der Waals surface area contributed by atoms with E-state index in [-0.39, 0.29) is 11.7 Å². The Kier molecular flexibility index (Phi) is 6.11. The highest BCUT2D eigenvalue weighted by Crippen LogP contribution is 2.33. The molecule has 0 atom stereocenters. The fourth-order valence-corrected chi connectivity index (χ4v) is 5.88. The fraction of sp³-hybridized carbons (Fsp3) is 0.111. The number of fused-ring (bicyclic) bond motifs is 2. The van der Waals surface area contributed by atoms with Gasteiger partial charge >= 0.3 is 0 Å². The molecule has 10 heteroatoms. The summed E-state index contributed by atoms with van der Waals surface area (Å²) in [5.41, 5.74) is 4.81. The summed E-state index contributed by atoms with van der Waals surface area (Å²) in [7, 11) is 1.63. The Balaban J connectivity index is 1.30. The second-order valence-electron chi connectivity index (χ2n) is 8.42. The SMILES string of the molecule is COc1cccc(-n2c(SCC(=O)Nc3nc4ccc(C)cc4s3)nnc2-c2c[nH]c3ccccc23)c1. The van der Waals surface area contributed by atoms with Gasteiger partial charge < -0.3 is 15.0 Å². The number of amides is 1. The monoisotopic (exact) mass is 526 g/mol. The van der Waals surface area contributed by atoms with E-state index in [2.05, 4.69) is 31.5 Å². The Morgan fingerprint density at radius 2 is 2.00 bits per heavy atom. The van der Waals surface area contributed by atoms with E-state index < -0.39 is 0 Å². The zero-order valence-electron chi connectivity index (χ0n) is 20.1. The summed E-state index contributed by atoms with van der Waals surface area (Å²) < 4.78 is 8.45. The van der Waals surface area contributed by atoms with Crippen molar-refractivity contribution < 1.29 is 9.53 Å². The zero-order valence-corrected chi connectivity index (χ0v) is 21.7. The minimum Gasteiger partial charge on any atom is -0.497 e. The molecule has 3 aromatic heterocycles. The van der Waals surface area contributed by atoms with Crippen LogP contribution in [0.4, 0.5) is 5.13 Å². The number of methoxy groups -OCH3 is 1. The van der Waals surface area contributed by atoms with Gasteiger partial charge in [-0.05, 0) is 42.8 Å². The van der Waals surface area contributed by atoms with Gasteiger partial charge in [0.2, 0.25) is 5.91 Å². The van der Waals surface area contributed by atoms with Gasteiger partial charge in [-0.2, -0.15) is 0 Å². The molecule has 37 heavy (non-hydrogen) atoms. The predicted octanol–water partition coefficient (Wildman–Crippen LogP) is 6.07. The number of carbonyl (C=O) groups excluding carboxylic acids is 1. The summed E-state index contributed by atoms with van der Waals surface area (Å²) in [6.45, 7) is 2.04. The molecule has 0 aliphatic rings. The molecule has 0 aliphatic carbocycles. The molecule has 0 bridgehead atoms. The Bertz CT molecular complexity index is 1750. The number of nitrogens with one attached hydrogen (secondary N) is 2. The molecule has 1 amide bonds. The third kappa shape index (κ3) is 4.56. The number of carbonyl (C=O) groups is 1.